The number of nitrogens with zero attached hydrogens (tertiary/aromatic N) is 6. The number of phenols is 3. The van der Waals surface area contributed by atoms with Crippen molar-refractivity contribution in [2.45, 2.75) is 162 Å². The van der Waals surface area contributed by atoms with Gasteiger partial charge in [-0.15, -0.1) is 0 Å². The van der Waals surface area contributed by atoms with E-state index in [0.29, 0.717) is 83.5 Å². The van der Waals surface area contributed by atoms with Crippen LogP contribution in [0.1, 0.15) is 184 Å². The molecule has 0 spiro atoms. The molecule has 0 unspecified atom stereocenters. The van der Waals surface area contributed by atoms with Crippen LogP contribution in [0.2, 0.25) is 10.0 Å². The van der Waals surface area contributed by atoms with E-state index < -0.39 is 76.2 Å². The molecule has 1 atom stereocenters. The second-order valence-corrected chi connectivity index (χ2v) is 31.3. The van der Waals surface area contributed by atoms with Crippen molar-refractivity contribution in [2.75, 3.05) is 72.3 Å². The maximum atomic E-state index is 13.2. The van der Waals surface area contributed by atoms with Crippen LogP contribution < -0.4 is 13.6 Å². The minimum Gasteiger partial charge on any atom is -0.508 e. The first-order valence-electron chi connectivity index (χ1n) is 36.8. The van der Waals surface area contributed by atoms with Gasteiger partial charge in [0.05, 0.1) is 40.4 Å². The number of rotatable bonds is 15. The number of carbonyl (C=O) groups excluding carboxylic acids is 6. The highest BCUT2D eigenvalue weighted by Crippen LogP contribution is 2.48. The maximum Gasteiger partial charge on any atom is 0.524 e. The van der Waals surface area contributed by atoms with Crippen molar-refractivity contribution in [3.8, 4) is 34.5 Å². The van der Waals surface area contributed by atoms with Gasteiger partial charge in [0.2, 0.25) is 0 Å². The van der Waals surface area contributed by atoms with Gasteiger partial charge in [0.1, 0.15) is 57.3 Å². The Bertz CT molecular complexity index is 4290. The Kier molecular flexibility index (Phi) is 36.6. The summed E-state index contributed by atoms with van der Waals surface area (Å²) < 4.78 is 65.0. The van der Waals surface area contributed by atoms with E-state index in [1.807, 2.05) is 56.4 Å². The van der Waals surface area contributed by atoms with Gasteiger partial charge in [0.15, 0.2) is 19.8 Å². The lowest BCUT2D eigenvalue weighted by molar-refractivity contribution is -0.137. The van der Waals surface area contributed by atoms with Crippen LogP contribution >= 0.6 is 46.7 Å². The lowest BCUT2D eigenvalue weighted by atomic mass is 9.98. The molecule has 3 fully saturated rings. The van der Waals surface area contributed by atoms with Gasteiger partial charge in [0, 0.05) is 83.2 Å². The van der Waals surface area contributed by atoms with Crippen LogP contribution in [0.25, 0.3) is 0 Å². The topological polar surface area (TPSA) is 466 Å². The Morgan fingerprint density at radius 1 is 0.478 bits per heavy atom. The number of hydrogen-bond acceptors (Lipinski definition) is 24. The highest BCUT2D eigenvalue weighted by molar-refractivity contribution is 7.47. The second kappa shape index (κ2) is 45.3. The third-order valence-corrected chi connectivity index (χ3v) is 19.9. The highest BCUT2D eigenvalue weighted by Gasteiger charge is 2.34. The number of phenolic OH excluding ortho intramolecular Hbond substituents is 3. The minimum absolute atomic E-state index is 0.000109. The number of benzene rings is 3. The number of amides is 3. The number of phosphoric acid groups is 3. The van der Waals surface area contributed by atoms with Crippen LogP contribution in [0, 0.1) is 0 Å². The fraction of sp³-hybridized carbons (Fsp3) is 0.480. The number of carbonyl (C=O) groups is 6. The van der Waals surface area contributed by atoms with Crippen molar-refractivity contribution in [1.82, 2.24) is 14.7 Å². The molecular formula is C75H97Cl2N6O27P3. The van der Waals surface area contributed by atoms with E-state index >= 15 is 0 Å². The van der Waals surface area contributed by atoms with Gasteiger partial charge in [-0.1, -0.05) is 92.3 Å². The van der Waals surface area contributed by atoms with E-state index in [4.69, 9.17) is 61.0 Å². The van der Waals surface area contributed by atoms with Crippen molar-refractivity contribution in [3.05, 3.63) is 140 Å². The Morgan fingerprint density at radius 2 is 0.850 bits per heavy atom. The van der Waals surface area contributed by atoms with Gasteiger partial charge in [-0.3, -0.25) is 43.7 Å². The predicted octanol–water partition coefficient (Wildman–Crippen LogP) is 12.2. The number of phosphoric ester groups is 3. The summed E-state index contributed by atoms with van der Waals surface area (Å²) in [6.45, 7) is 8.69. The molecule has 3 aromatic carbocycles. The zero-order valence-corrected chi connectivity index (χ0v) is 67.1. The number of hydrogen-bond donors (Lipinski definition) is 9. The van der Waals surface area contributed by atoms with Gasteiger partial charge >= 0.3 is 41.4 Å². The first-order valence-corrected chi connectivity index (χ1v) is 42.2. The molecule has 9 N–H and O–H groups in total. The summed E-state index contributed by atoms with van der Waals surface area (Å²) in [5, 5.41) is 42.8. The molecule has 6 aliphatic rings. The average molecular weight is 1680 g/mol. The third kappa shape index (κ3) is 31.8. The van der Waals surface area contributed by atoms with Crippen LogP contribution in [0.3, 0.4) is 0 Å². The summed E-state index contributed by atoms with van der Waals surface area (Å²) >= 11 is 12.8. The summed E-state index contributed by atoms with van der Waals surface area (Å²) in [4.78, 5) is 154. The van der Waals surface area contributed by atoms with Gasteiger partial charge in [-0.25, -0.2) is 28.1 Å². The molecular weight excluding hydrogens is 1580 g/mol. The molecule has 0 aliphatic carbocycles. The van der Waals surface area contributed by atoms with Crippen LogP contribution in [0.4, 0.5) is 0 Å². The molecule has 0 bridgehead atoms. The van der Waals surface area contributed by atoms with E-state index in [0.717, 1.165) is 106 Å². The number of allylic oxidation sites excluding steroid dienone is 9. The molecule has 3 amide bonds. The van der Waals surface area contributed by atoms with Crippen LogP contribution in [0.5, 0.6) is 34.5 Å². The molecule has 0 saturated carbocycles. The molecule has 618 valence electrons. The predicted molar refractivity (Wildman–Crippen MR) is 416 cm³/mol. The number of oxime groups is 3. The first-order chi connectivity index (χ1) is 53.7. The van der Waals surface area contributed by atoms with Gasteiger partial charge < -0.3 is 72.3 Å². The fourth-order valence-corrected chi connectivity index (χ4v) is 14.0. The SMILES string of the molecule is C/C1=C\C(=NOCC(=O)N2CCCCC2)Cc2c(Cl)c(O)cc(OP(=O)(O)O)c2C(=O)OCC/C=C/CC1.C/C1=C\C(=NOCC(=O)N2CCCCC2)Cc2c(Cl)c(O)cc(OP(=O)(O)O)c2C(=O)O[C@H](C)C/C=C/CC1.O=C1OCC/C=C/CC/C=C/C(=NOCC(=O)N2CCCCC2)Cc2cc(O)cc(OP(=O)(O)O)c21. The monoisotopic (exact) mass is 1680 g/mol. The number of ether oxygens (including phenoxy) is 3. The van der Waals surface area contributed by atoms with E-state index in [-0.39, 0.29) is 131 Å². The lowest BCUT2D eigenvalue weighted by Gasteiger charge is -2.26. The van der Waals surface area contributed by atoms with E-state index in [9.17, 15) is 87.1 Å². The zero-order valence-electron chi connectivity index (χ0n) is 62.9. The van der Waals surface area contributed by atoms with Crippen LogP contribution in [0.15, 0.2) is 112 Å². The summed E-state index contributed by atoms with van der Waals surface area (Å²) in [6, 6.07) is 3.89. The highest BCUT2D eigenvalue weighted by atomic mass is 35.5. The third-order valence-electron chi connectivity index (χ3n) is 17.7. The zero-order chi connectivity index (χ0) is 82.3. The maximum absolute atomic E-state index is 13.2. The summed E-state index contributed by atoms with van der Waals surface area (Å²) in [5.41, 5.74) is 1.82. The van der Waals surface area contributed by atoms with E-state index in [1.165, 1.54) is 6.07 Å². The number of fused-ring (bicyclic) bond motifs is 3. The standard InChI is InChI=1S/C26H34ClN2O9P.C25H32ClN2O9P.C24H31N2O9P/c1-17-9-5-3-6-10-18(2)37-26(32)24-20(25(27)21(30)15-22(24)38-39(33,34)35)14-19(13-17)28-36-16-23(31)29-11-7-4-8-12-29;1-17-9-5-2-3-8-12-35-25(31)23-19(24(26)20(29)15-21(23)37-38(32,33)34)14-18(13-17)27-36-16-22(30)28-10-6-4-7-11-28;27-20-15-18-14-19(25-34-17-22(28)26-11-7-5-8-12-26)10-6-3-1-2-4-9-13-33-24(29)23(18)21(16-20)35-36(30,31)32/h3,6,13,15,18,30H,4-5,7-12,14,16H2,1-2H3,(H2,33,34,35);2-3,13,15,29H,4-12,14,16H2,1H3,(H2,32,33,34);2,4,6,10,15-16,27H,1,3,5,7-9,11-14,17H2,(H2,30,31,32)/b6-3+,17-13+,28-19?;3-2+,17-13+,27-18?;4-2+,10-6+,25-19?/t18-;;/m1../s1. The van der Waals surface area contributed by atoms with Gasteiger partial charge in [-0.05, 0) is 171 Å². The second-order valence-electron chi connectivity index (χ2n) is 27.0. The lowest BCUT2D eigenvalue weighted by Crippen LogP contribution is -2.37. The summed E-state index contributed by atoms with van der Waals surface area (Å²) in [5.74, 6) is -6.55. The van der Waals surface area contributed by atoms with Crippen molar-refractivity contribution < 1.29 is 129 Å². The molecule has 6 heterocycles. The number of likely N-dealkylation sites (tertiary alicyclic amines) is 3. The van der Waals surface area contributed by atoms with Crippen LogP contribution in [-0.4, -0.2) is 191 Å². The number of piperidine rings is 3. The number of cyclic esters (lactones) is 3. The molecule has 6 aliphatic heterocycles. The van der Waals surface area contributed by atoms with Crippen molar-refractivity contribution in [2.24, 2.45) is 15.5 Å². The normalized spacial score (nSPS) is 21.4. The largest absolute Gasteiger partial charge is 0.524 e. The quantitative estimate of drug-likeness (QED) is 0.0224. The summed E-state index contributed by atoms with van der Waals surface area (Å²) in [7, 11) is -15.3. The van der Waals surface area contributed by atoms with Crippen molar-refractivity contribution in [3.63, 3.8) is 0 Å². The smallest absolute Gasteiger partial charge is 0.508 e. The summed E-state index contributed by atoms with van der Waals surface area (Å²) in [6.07, 6.45) is 31.8. The number of halogens is 2. The number of esters is 3. The molecule has 3 saturated heterocycles. The molecule has 38 heteroatoms. The number of aromatic hydroxyl groups is 3. The minimum atomic E-state index is -5.13. The van der Waals surface area contributed by atoms with E-state index in [2.05, 4.69) is 20.0 Å². The molecule has 113 heavy (non-hydrogen) atoms. The Morgan fingerprint density at radius 3 is 1.28 bits per heavy atom. The molecule has 0 radical (unpaired) electrons. The van der Waals surface area contributed by atoms with E-state index in [1.54, 1.807) is 39.9 Å². The Hall–Kier alpha value is -8.84. The van der Waals surface area contributed by atoms with Gasteiger partial charge in [0.25, 0.3) is 17.7 Å². The molecule has 9 rings (SSSR count). The van der Waals surface area contributed by atoms with Crippen LogP contribution in [-0.2, 0) is 76.1 Å². The average Bonchev–Trinajstić information content (AvgIpc) is 0.789. The van der Waals surface area contributed by atoms with Gasteiger partial charge in [-0.2, -0.15) is 0 Å². The molecule has 0 aromatic heterocycles. The first kappa shape index (κ1) is 91.3. The molecule has 3 aromatic rings. The molecule has 33 nitrogen and oxygen atoms in total. The Labute approximate surface area is 663 Å². The van der Waals surface area contributed by atoms with Crippen molar-refractivity contribution in [1.29, 1.82) is 0 Å². The Balaban J connectivity index is 0.000000235. The fourth-order valence-electron chi connectivity index (χ4n) is 12.4. The van der Waals surface area contributed by atoms with Crippen molar-refractivity contribution >= 4 is 99.4 Å².